The predicted molar refractivity (Wildman–Crippen MR) is 117 cm³/mol. The van der Waals surface area contributed by atoms with E-state index in [4.69, 9.17) is 16.3 Å². The molecule has 0 heterocycles. The van der Waals surface area contributed by atoms with Crippen LogP contribution in [0.1, 0.15) is 41.6 Å². The number of anilines is 1. The molecule has 6 nitrogen and oxygen atoms in total. The summed E-state index contributed by atoms with van der Waals surface area (Å²) >= 11 is 6.14. The fourth-order valence-corrected chi connectivity index (χ4v) is 3.63. The minimum absolute atomic E-state index is 0.0133. The van der Waals surface area contributed by atoms with Gasteiger partial charge in [-0.3, -0.25) is 14.5 Å². The molecule has 2 N–H and O–H groups in total. The molecule has 0 atom stereocenters. The third-order valence-corrected chi connectivity index (χ3v) is 5.66. The normalized spacial score (nSPS) is 15.7. The lowest BCUT2D eigenvalue weighted by Gasteiger charge is -2.21. The van der Waals surface area contributed by atoms with Crippen molar-refractivity contribution in [2.24, 2.45) is 0 Å². The zero-order valence-electron chi connectivity index (χ0n) is 17.0. The fourth-order valence-electron chi connectivity index (χ4n) is 3.38. The number of ether oxygens (including phenoxy) is 1. The Bertz CT molecular complexity index is 924. The summed E-state index contributed by atoms with van der Waals surface area (Å²) in [4.78, 5) is 26.9. The van der Waals surface area contributed by atoms with Gasteiger partial charge in [-0.05, 0) is 61.6 Å². The van der Waals surface area contributed by atoms with E-state index in [0.717, 1.165) is 31.2 Å². The zero-order valence-corrected chi connectivity index (χ0v) is 17.7. The molecule has 0 aromatic heterocycles. The maximum absolute atomic E-state index is 12.6. The number of hydrogen-bond acceptors (Lipinski definition) is 4. The van der Waals surface area contributed by atoms with Gasteiger partial charge < -0.3 is 15.4 Å². The number of nitrogens with zero attached hydrogens (tertiary/aromatic N) is 1. The van der Waals surface area contributed by atoms with Crippen LogP contribution in [0.4, 0.5) is 5.69 Å². The van der Waals surface area contributed by atoms with Crippen LogP contribution in [0.5, 0.6) is 5.75 Å². The van der Waals surface area contributed by atoms with Gasteiger partial charge >= 0.3 is 0 Å². The van der Waals surface area contributed by atoms with Gasteiger partial charge in [-0.25, -0.2) is 0 Å². The highest BCUT2D eigenvalue weighted by Gasteiger charge is 2.30. The molecule has 0 spiro atoms. The summed E-state index contributed by atoms with van der Waals surface area (Å²) in [5.74, 6) is 0.479. The number of nitrogens with one attached hydrogen (secondary N) is 2. The highest BCUT2D eigenvalue weighted by atomic mass is 35.5. The number of carbonyl (C=O) groups is 2. The summed E-state index contributed by atoms with van der Waals surface area (Å²) in [6.07, 6.45) is 4.35. The summed E-state index contributed by atoms with van der Waals surface area (Å²) in [6, 6.07) is 13.6. The molecule has 2 aromatic carbocycles. The Morgan fingerprint density at radius 3 is 2.43 bits per heavy atom. The molecule has 0 bridgehead atoms. The van der Waals surface area contributed by atoms with Crippen LogP contribution in [0.15, 0.2) is 42.5 Å². The molecule has 2 aromatic rings. The fraction of sp³-hybridized carbons (Fsp3) is 0.391. The van der Waals surface area contributed by atoms with Crippen molar-refractivity contribution in [3.8, 4) is 5.75 Å². The van der Waals surface area contributed by atoms with E-state index in [1.54, 1.807) is 25.3 Å². The molecule has 158 valence electrons. The van der Waals surface area contributed by atoms with Crippen LogP contribution in [-0.4, -0.2) is 42.5 Å². The molecule has 0 aliphatic heterocycles. The van der Waals surface area contributed by atoms with Crippen LogP contribution in [-0.2, 0) is 11.3 Å². The minimum Gasteiger partial charge on any atom is -0.495 e. The summed E-state index contributed by atoms with van der Waals surface area (Å²) in [7, 11) is 1.55. The summed E-state index contributed by atoms with van der Waals surface area (Å²) in [5, 5.41) is 6.37. The monoisotopic (exact) mass is 427 g/mol. The first-order chi connectivity index (χ1) is 14.5. The molecule has 2 aliphatic rings. The average Bonchev–Trinajstić information content (AvgIpc) is 3.62. The molecule has 2 saturated carbocycles. The minimum atomic E-state index is -0.0800. The van der Waals surface area contributed by atoms with E-state index in [1.165, 1.54) is 0 Å². The van der Waals surface area contributed by atoms with Gasteiger partial charge in [-0.15, -0.1) is 0 Å². The van der Waals surface area contributed by atoms with Crippen LogP contribution in [0.25, 0.3) is 0 Å². The molecule has 0 saturated heterocycles. The SMILES string of the molecule is COc1ccc(NC(=O)CN(Cc2ccc(C(=O)NC3CC3)cc2)C2CC2)cc1Cl. The largest absolute Gasteiger partial charge is 0.495 e. The highest BCUT2D eigenvalue weighted by Crippen LogP contribution is 2.29. The predicted octanol–water partition coefficient (Wildman–Crippen LogP) is 3.84. The number of carbonyl (C=O) groups excluding carboxylic acids is 2. The first-order valence-electron chi connectivity index (χ1n) is 10.3. The Labute approximate surface area is 181 Å². The molecule has 7 heteroatoms. The Morgan fingerprint density at radius 1 is 1.10 bits per heavy atom. The van der Waals surface area contributed by atoms with Gasteiger partial charge in [-0.2, -0.15) is 0 Å². The molecule has 2 fully saturated rings. The third kappa shape index (κ3) is 5.52. The molecule has 2 aliphatic carbocycles. The Hall–Kier alpha value is -2.57. The van der Waals surface area contributed by atoms with Gasteiger partial charge in [0, 0.05) is 29.9 Å². The van der Waals surface area contributed by atoms with Crippen molar-refractivity contribution in [3.05, 3.63) is 58.6 Å². The molecular formula is C23H26ClN3O3. The molecule has 30 heavy (non-hydrogen) atoms. The van der Waals surface area contributed by atoms with Crippen LogP contribution in [0.2, 0.25) is 5.02 Å². The van der Waals surface area contributed by atoms with Crippen molar-refractivity contribution < 1.29 is 14.3 Å². The van der Waals surface area contributed by atoms with Crippen LogP contribution in [0.3, 0.4) is 0 Å². The third-order valence-electron chi connectivity index (χ3n) is 5.36. The van der Waals surface area contributed by atoms with Crippen LogP contribution in [0, 0.1) is 0 Å². The number of halogens is 1. The van der Waals surface area contributed by atoms with E-state index >= 15 is 0 Å². The first-order valence-corrected chi connectivity index (χ1v) is 10.7. The van der Waals surface area contributed by atoms with E-state index < -0.39 is 0 Å². The molecule has 4 rings (SSSR count). The van der Waals surface area contributed by atoms with Gasteiger partial charge in [0.15, 0.2) is 0 Å². The number of rotatable bonds is 9. The van der Waals surface area contributed by atoms with E-state index in [-0.39, 0.29) is 11.8 Å². The van der Waals surface area contributed by atoms with Gasteiger partial charge in [0.05, 0.1) is 18.7 Å². The second-order valence-corrected chi connectivity index (χ2v) is 8.39. The zero-order chi connectivity index (χ0) is 21.1. The number of benzene rings is 2. The van der Waals surface area contributed by atoms with Crippen molar-refractivity contribution in [1.29, 1.82) is 0 Å². The lowest BCUT2D eigenvalue weighted by atomic mass is 10.1. The van der Waals surface area contributed by atoms with Gasteiger partial charge in [0.2, 0.25) is 5.91 Å². The maximum Gasteiger partial charge on any atom is 0.251 e. The van der Waals surface area contributed by atoms with Crippen molar-refractivity contribution in [3.63, 3.8) is 0 Å². The van der Waals surface area contributed by atoms with Gasteiger partial charge in [0.25, 0.3) is 5.91 Å². The van der Waals surface area contributed by atoms with Crippen molar-refractivity contribution >= 4 is 29.1 Å². The Kier molecular flexibility index (Phi) is 6.25. The lowest BCUT2D eigenvalue weighted by molar-refractivity contribution is -0.117. The second kappa shape index (κ2) is 9.06. The quantitative estimate of drug-likeness (QED) is 0.637. The van der Waals surface area contributed by atoms with E-state index in [0.29, 0.717) is 47.2 Å². The molecule has 0 radical (unpaired) electrons. The molecule has 0 unspecified atom stereocenters. The van der Waals surface area contributed by atoms with Crippen LogP contribution >= 0.6 is 11.6 Å². The summed E-state index contributed by atoms with van der Waals surface area (Å²) in [6.45, 7) is 0.976. The van der Waals surface area contributed by atoms with Gasteiger partial charge in [0.1, 0.15) is 5.75 Å². The Morgan fingerprint density at radius 2 is 1.83 bits per heavy atom. The second-order valence-electron chi connectivity index (χ2n) is 7.98. The van der Waals surface area contributed by atoms with E-state index in [2.05, 4.69) is 15.5 Å². The molecular weight excluding hydrogens is 402 g/mol. The molecule has 2 amide bonds. The lowest BCUT2D eigenvalue weighted by Crippen LogP contribution is -2.34. The van der Waals surface area contributed by atoms with E-state index in [1.807, 2.05) is 24.3 Å². The summed E-state index contributed by atoms with van der Waals surface area (Å²) in [5.41, 5.74) is 2.41. The average molecular weight is 428 g/mol. The smallest absolute Gasteiger partial charge is 0.251 e. The van der Waals surface area contributed by atoms with Crippen LogP contribution < -0.4 is 15.4 Å². The van der Waals surface area contributed by atoms with Gasteiger partial charge in [-0.1, -0.05) is 23.7 Å². The highest BCUT2D eigenvalue weighted by molar-refractivity contribution is 6.32. The number of methoxy groups -OCH3 is 1. The number of hydrogen-bond donors (Lipinski definition) is 2. The topological polar surface area (TPSA) is 70.7 Å². The standard InChI is InChI=1S/C23H26ClN3O3/c1-30-21-11-8-18(12-20(21)24)25-22(28)14-27(19-9-10-19)13-15-2-4-16(5-3-15)23(29)26-17-6-7-17/h2-5,8,11-12,17,19H,6-7,9-10,13-14H2,1H3,(H,25,28)(H,26,29). The Balaban J connectivity index is 1.34. The van der Waals surface area contributed by atoms with E-state index in [9.17, 15) is 9.59 Å². The van der Waals surface area contributed by atoms with Crippen molar-refractivity contribution in [2.75, 3.05) is 19.0 Å². The van der Waals surface area contributed by atoms with Crippen molar-refractivity contribution in [2.45, 2.75) is 44.3 Å². The first kappa shape index (κ1) is 20.7. The van der Waals surface area contributed by atoms with Crippen molar-refractivity contribution in [1.82, 2.24) is 10.2 Å². The maximum atomic E-state index is 12.6. The summed E-state index contributed by atoms with van der Waals surface area (Å²) < 4.78 is 5.14. The number of amides is 2.